The van der Waals surface area contributed by atoms with Crippen molar-refractivity contribution < 1.29 is 9.90 Å². The Balaban J connectivity index is 2.24. The molecule has 2 N–H and O–H groups in total. The first-order valence-corrected chi connectivity index (χ1v) is 5.97. The summed E-state index contributed by atoms with van der Waals surface area (Å²) in [7, 11) is 0. The Morgan fingerprint density at radius 2 is 2.18 bits per heavy atom. The van der Waals surface area contributed by atoms with Gasteiger partial charge in [-0.25, -0.2) is 9.78 Å². The van der Waals surface area contributed by atoms with Crippen molar-refractivity contribution in [2.45, 2.75) is 31.6 Å². The summed E-state index contributed by atoms with van der Waals surface area (Å²) in [5, 5.41) is 10.2. The van der Waals surface area contributed by atoms with Gasteiger partial charge in [0.2, 0.25) is 0 Å². The topological polar surface area (TPSA) is 66.0 Å². The zero-order valence-corrected chi connectivity index (χ0v) is 9.44. The molecule has 0 unspecified atom stereocenters. The minimum absolute atomic E-state index is 0.325. The molecule has 88 valence electrons. The third-order valence-electron chi connectivity index (χ3n) is 3.59. The van der Waals surface area contributed by atoms with Gasteiger partial charge in [-0.15, -0.1) is 0 Å². The Morgan fingerprint density at radius 3 is 2.88 bits per heavy atom. The second-order valence-corrected chi connectivity index (χ2v) is 4.60. The first-order valence-electron chi connectivity index (χ1n) is 5.97. The van der Waals surface area contributed by atoms with Gasteiger partial charge in [-0.05, 0) is 36.5 Å². The molecule has 1 fully saturated rings. The third kappa shape index (κ3) is 1.60. The number of nitrogens with one attached hydrogen (secondary N) is 1. The van der Waals surface area contributed by atoms with Crippen molar-refractivity contribution in [3.8, 4) is 0 Å². The molecule has 2 aromatic heterocycles. The molecular weight excluding hydrogens is 216 g/mol. The molecule has 0 atom stereocenters. The first kappa shape index (κ1) is 10.3. The summed E-state index contributed by atoms with van der Waals surface area (Å²) in [6, 6.07) is 3.82. The monoisotopic (exact) mass is 230 g/mol. The van der Waals surface area contributed by atoms with Crippen molar-refractivity contribution in [1.29, 1.82) is 0 Å². The fraction of sp³-hybridized carbons (Fsp3) is 0.385. The van der Waals surface area contributed by atoms with E-state index in [1.807, 2.05) is 12.1 Å². The molecule has 3 rings (SSSR count). The highest BCUT2D eigenvalue weighted by Gasteiger charge is 2.26. The molecule has 1 aliphatic rings. The fourth-order valence-corrected chi connectivity index (χ4v) is 2.85. The number of aromatic amines is 1. The Hall–Kier alpha value is -1.84. The lowest BCUT2D eigenvalue weighted by molar-refractivity contribution is 0.0689. The van der Waals surface area contributed by atoms with Crippen LogP contribution in [0.25, 0.3) is 11.0 Å². The summed E-state index contributed by atoms with van der Waals surface area (Å²) in [6.07, 6.45) is 6.24. The number of carboxylic acids is 1. The molecule has 1 saturated carbocycles. The summed E-state index contributed by atoms with van der Waals surface area (Å²) in [5.74, 6) is -0.510. The second-order valence-electron chi connectivity index (χ2n) is 4.60. The van der Waals surface area contributed by atoms with Crippen molar-refractivity contribution in [2.24, 2.45) is 0 Å². The predicted octanol–water partition coefficient (Wildman–Crippen LogP) is 2.92. The van der Waals surface area contributed by atoms with E-state index in [4.69, 9.17) is 0 Å². The molecule has 0 saturated heterocycles. The molecule has 4 nitrogen and oxygen atoms in total. The van der Waals surface area contributed by atoms with E-state index in [-0.39, 0.29) is 0 Å². The molecule has 0 spiro atoms. The molecule has 0 amide bonds. The molecule has 17 heavy (non-hydrogen) atoms. The van der Waals surface area contributed by atoms with Crippen LogP contribution in [0.4, 0.5) is 0 Å². The molecule has 0 radical (unpaired) electrons. The molecule has 4 heteroatoms. The predicted molar refractivity (Wildman–Crippen MR) is 64.3 cm³/mol. The molecule has 0 aromatic carbocycles. The zero-order chi connectivity index (χ0) is 11.8. The molecule has 0 aliphatic heterocycles. The Kier molecular flexibility index (Phi) is 2.35. The minimum Gasteiger partial charge on any atom is -0.477 e. The average molecular weight is 230 g/mol. The van der Waals surface area contributed by atoms with Gasteiger partial charge in [-0.1, -0.05) is 12.8 Å². The van der Waals surface area contributed by atoms with Crippen molar-refractivity contribution in [3.05, 3.63) is 29.6 Å². The van der Waals surface area contributed by atoms with E-state index in [0.717, 1.165) is 23.8 Å². The highest BCUT2D eigenvalue weighted by Crippen LogP contribution is 2.39. The number of aromatic nitrogens is 2. The van der Waals surface area contributed by atoms with Gasteiger partial charge in [-0.3, -0.25) is 0 Å². The highest BCUT2D eigenvalue weighted by molar-refractivity contribution is 5.96. The van der Waals surface area contributed by atoms with Crippen LogP contribution in [-0.2, 0) is 0 Å². The van der Waals surface area contributed by atoms with Gasteiger partial charge in [0.05, 0.1) is 0 Å². The van der Waals surface area contributed by atoms with Crippen molar-refractivity contribution in [1.82, 2.24) is 9.97 Å². The second kappa shape index (κ2) is 3.87. The number of rotatable bonds is 2. The number of H-pyrrole nitrogens is 1. The SMILES string of the molecule is O=C(O)c1[nH]c2ncccc2c1C1CCCC1. The molecular formula is C13H14N2O2. The van der Waals surface area contributed by atoms with Crippen LogP contribution in [0.5, 0.6) is 0 Å². The Bertz CT molecular complexity index is 568. The maximum absolute atomic E-state index is 11.3. The van der Waals surface area contributed by atoms with Crippen LogP contribution in [0, 0.1) is 0 Å². The lowest BCUT2D eigenvalue weighted by Gasteiger charge is -2.09. The number of hydrogen-bond acceptors (Lipinski definition) is 2. The van der Waals surface area contributed by atoms with Crippen LogP contribution in [-0.4, -0.2) is 21.0 Å². The van der Waals surface area contributed by atoms with Crippen LogP contribution >= 0.6 is 0 Å². The smallest absolute Gasteiger partial charge is 0.352 e. The Morgan fingerprint density at radius 1 is 1.41 bits per heavy atom. The van der Waals surface area contributed by atoms with E-state index in [1.54, 1.807) is 6.20 Å². The van der Waals surface area contributed by atoms with E-state index in [1.165, 1.54) is 12.8 Å². The number of aromatic carboxylic acids is 1. The number of fused-ring (bicyclic) bond motifs is 1. The summed E-state index contributed by atoms with van der Waals surface area (Å²) in [5.41, 5.74) is 1.97. The largest absolute Gasteiger partial charge is 0.477 e. The van der Waals surface area contributed by atoms with Crippen LogP contribution in [0.1, 0.15) is 47.7 Å². The van der Waals surface area contributed by atoms with E-state index in [2.05, 4.69) is 9.97 Å². The summed E-state index contributed by atoms with van der Waals surface area (Å²) < 4.78 is 0. The molecule has 1 aliphatic carbocycles. The van der Waals surface area contributed by atoms with Gasteiger partial charge in [-0.2, -0.15) is 0 Å². The highest BCUT2D eigenvalue weighted by atomic mass is 16.4. The van der Waals surface area contributed by atoms with Gasteiger partial charge in [0.15, 0.2) is 0 Å². The van der Waals surface area contributed by atoms with Crippen molar-refractivity contribution >= 4 is 17.0 Å². The lowest BCUT2D eigenvalue weighted by atomic mass is 9.95. The number of carbonyl (C=O) groups is 1. The van der Waals surface area contributed by atoms with Crippen molar-refractivity contribution in [2.75, 3.05) is 0 Å². The van der Waals surface area contributed by atoms with E-state index in [9.17, 15) is 9.90 Å². The average Bonchev–Trinajstić information content (AvgIpc) is 2.94. The lowest BCUT2D eigenvalue weighted by Crippen LogP contribution is -2.04. The number of pyridine rings is 1. The number of hydrogen-bond donors (Lipinski definition) is 2. The first-order chi connectivity index (χ1) is 8.27. The molecule has 0 bridgehead atoms. The van der Waals surface area contributed by atoms with Gasteiger partial charge in [0.25, 0.3) is 0 Å². The summed E-state index contributed by atoms with van der Waals surface area (Å²) >= 11 is 0. The third-order valence-corrected chi connectivity index (χ3v) is 3.59. The summed E-state index contributed by atoms with van der Waals surface area (Å²) in [4.78, 5) is 18.4. The zero-order valence-electron chi connectivity index (χ0n) is 9.44. The van der Waals surface area contributed by atoms with E-state index >= 15 is 0 Å². The summed E-state index contributed by atoms with van der Waals surface area (Å²) in [6.45, 7) is 0. The standard InChI is InChI=1S/C13H14N2O2/c16-13(17)11-10(8-4-1-2-5-8)9-6-3-7-14-12(9)15-11/h3,6-8H,1-2,4-5H2,(H,14,15)(H,16,17). The maximum atomic E-state index is 11.3. The van der Waals surface area contributed by atoms with Crippen LogP contribution in [0.2, 0.25) is 0 Å². The van der Waals surface area contributed by atoms with Crippen molar-refractivity contribution in [3.63, 3.8) is 0 Å². The normalized spacial score (nSPS) is 16.7. The Labute approximate surface area is 98.7 Å². The quantitative estimate of drug-likeness (QED) is 0.833. The van der Waals surface area contributed by atoms with E-state index in [0.29, 0.717) is 17.3 Å². The minimum atomic E-state index is -0.884. The number of carboxylic acid groups (broad SMARTS) is 1. The van der Waals surface area contributed by atoms with Crippen LogP contribution in [0.3, 0.4) is 0 Å². The van der Waals surface area contributed by atoms with Gasteiger partial charge >= 0.3 is 5.97 Å². The van der Waals surface area contributed by atoms with E-state index < -0.39 is 5.97 Å². The van der Waals surface area contributed by atoms with Gasteiger partial charge in [0.1, 0.15) is 11.3 Å². The van der Waals surface area contributed by atoms with Gasteiger partial charge in [0, 0.05) is 11.6 Å². The maximum Gasteiger partial charge on any atom is 0.352 e. The van der Waals surface area contributed by atoms with Crippen LogP contribution in [0.15, 0.2) is 18.3 Å². The van der Waals surface area contributed by atoms with Gasteiger partial charge < -0.3 is 10.1 Å². The fourth-order valence-electron chi connectivity index (χ4n) is 2.85. The van der Waals surface area contributed by atoms with Crippen LogP contribution < -0.4 is 0 Å². The number of nitrogens with zero attached hydrogens (tertiary/aromatic N) is 1. The molecule has 2 aromatic rings. The molecule has 2 heterocycles.